The summed E-state index contributed by atoms with van der Waals surface area (Å²) in [6.07, 6.45) is 3.91. The second kappa shape index (κ2) is 7.34. The molecule has 0 saturated carbocycles. The van der Waals surface area contributed by atoms with Gasteiger partial charge in [0, 0.05) is 18.1 Å². The maximum atomic E-state index is 3.33. The minimum absolute atomic E-state index is 0.614. The van der Waals surface area contributed by atoms with Crippen LogP contribution in [0.2, 0.25) is 0 Å². The summed E-state index contributed by atoms with van der Waals surface area (Å²) in [4.78, 5) is 5.16. The number of likely N-dealkylation sites (tertiary alicyclic amines) is 1. The summed E-state index contributed by atoms with van der Waals surface area (Å²) in [5, 5.41) is 3.33. The molecular formula is C14H31N3. The first kappa shape index (κ1) is 14.9. The van der Waals surface area contributed by atoms with Crippen molar-refractivity contribution in [2.24, 2.45) is 0 Å². The van der Waals surface area contributed by atoms with E-state index in [1.807, 2.05) is 0 Å². The molecule has 0 aromatic rings. The molecule has 2 atom stereocenters. The Morgan fingerprint density at radius 2 is 1.88 bits per heavy atom. The van der Waals surface area contributed by atoms with Crippen molar-refractivity contribution >= 4 is 0 Å². The summed E-state index contributed by atoms with van der Waals surface area (Å²) >= 11 is 0. The van der Waals surface area contributed by atoms with Crippen LogP contribution in [-0.4, -0.2) is 61.7 Å². The summed E-state index contributed by atoms with van der Waals surface area (Å²) in [5.74, 6) is 0. The summed E-state index contributed by atoms with van der Waals surface area (Å²) in [7, 11) is 4.36. The first-order chi connectivity index (χ1) is 8.08. The van der Waals surface area contributed by atoms with Crippen molar-refractivity contribution in [1.82, 2.24) is 15.1 Å². The van der Waals surface area contributed by atoms with Crippen LogP contribution in [0.4, 0.5) is 0 Å². The maximum Gasteiger partial charge on any atom is 0.0119 e. The van der Waals surface area contributed by atoms with Gasteiger partial charge in [-0.3, -0.25) is 0 Å². The second-order valence-corrected chi connectivity index (χ2v) is 5.61. The fourth-order valence-corrected chi connectivity index (χ4v) is 2.80. The highest BCUT2D eigenvalue weighted by atomic mass is 15.2. The largest absolute Gasteiger partial charge is 0.317 e. The van der Waals surface area contributed by atoms with Crippen molar-refractivity contribution in [3.63, 3.8) is 0 Å². The van der Waals surface area contributed by atoms with Gasteiger partial charge in [0.1, 0.15) is 0 Å². The number of nitrogens with one attached hydrogen (secondary N) is 1. The van der Waals surface area contributed by atoms with Crippen LogP contribution < -0.4 is 5.32 Å². The Bertz CT molecular complexity index is 200. The molecule has 1 N–H and O–H groups in total. The van der Waals surface area contributed by atoms with Crippen molar-refractivity contribution < 1.29 is 0 Å². The van der Waals surface area contributed by atoms with Crippen molar-refractivity contribution in [2.75, 3.05) is 33.7 Å². The quantitative estimate of drug-likeness (QED) is 0.765. The zero-order chi connectivity index (χ0) is 12.8. The Hall–Kier alpha value is -0.120. The van der Waals surface area contributed by atoms with Crippen molar-refractivity contribution in [2.45, 2.75) is 58.2 Å². The van der Waals surface area contributed by atoms with Gasteiger partial charge in [0.15, 0.2) is 0 Å². The lowest BCUT2D eigenvalue weighted by Crippen LogP contribution is -2.47. The Morgan fingerprint density at radius 1 is 1.29 bits per heavy atom. The van der Waals surface area contributed by atoms with E-state index >= 15 is 0 Å². The average molecular weight is 241 g/mol. The van der Waals surface area contributed by atoms with Gasteiger partial charge < -0.3 is 15.1 Å². The molecule has 102 valence electrons. The fraction of sp³-hybridized carbons (Fsp3) is 1.00. The third-order valence-electron chi connectivity index (χ3n) is 4.46. The molecule has 3 heteroatoms. The SMILES string of the molecule is CCN1CCC(N(C)C(C)CC(C)NC)CC1. The summed E-state index contributed by atoms with van der Waals surface area (Å²) in [6.45, 7) is 10.7. The smallest absolute Gasteiger partial charge is 0.0119 e. The Labute approximate surface area is 108 Å². The molecule has 1 saturated heterocycles. The molecule has 0 amide bonds. The van der Waals surface area contributed by atoms with E-state index in [-0.39, 0.29) is 0 Å². The van der Waals surface area contributed by atoms with Crippen LogP contribution in [-0.2, 0) is 0 Å². The van der Waals surface area contributed by atoms with Crippen molar-refractivity contribution in [1.29, 1.82) is 0 Å². The zero-order valence-corrected chi connectivity index (χ0v) is 12.4. The minimum atomic E-state index is 0.614. The van der Waals surface area contributed by atoms with Gasteiger partial charge in [0.2, 0.25) is 0 Å². The summed E-state index contributed by atoms with van der Waals surface area (Å²) < 4.78 is 0. The van der Waals surface area contributed by atoms with Gasteiger partial charge in [0.25, 0.3) is 0 Å². The van der Waals surface area contributed by atoms with Crippen LogP contribution in [0.1, 0.15) is 40.0 Å². The number of rotatable bonds is 6. The molecule has 0 spiro atoms. The summed E-state index contributed by atoms with van der Waals surface area (Å²) in [5.41, 5.74) is 0. The highest BCUT2D eigenvalue weighted by Crippen LogP contribution is 2.18. The highest BCUT2D eigenvalue weighted by Gasteiger charge is 2.24. The van der Waals surface area contributed by atoms with Gasteiger partial charge in [-0.15, -0.1) is 0 Å². The van der Waals surface area contributed by atoms with Crippen LogP contribution in [0, 0.1) is 0 Å². The minimum Gasteiger partial charge on any atom is -0.317 e. The Balaban J connectivity index is 2.34. The predicted molar refractivity (Wildman–Crippen MR) is 75.5 cm³/mol. The van der Waals surface area contributed by atoms with Gasteiger partial charge in [-0.05, 0) is 66.8 Å². The molecule has 1 rings (SSSR count). The van der Waals surface area contributed by atoms with Gasteiger partial charge in [-0.2, -0.15) is 0 Å². The van der Waals surface area contributed by atoms with Crippen LogP contribution in [0.5, 0.6) is 0 Å². The lowest BCUT2D eigenvalue weighted by atomic mass is 10.00. The van der Waals surface area contributed by atoms with E-state index in [4.69, 9.17) is 0 Å². The molecular weight excluding hydrogens is 210 g/mol. The van der Waals surface area contributed by atoms with Crippen molar-refractivity contribution in [3.05, 3.63) is 0 Å². The monoisotopic (exact) mass is 241 g/mol. The van der Waals surface area contributed by atoms with Crippen LogP contribution in [0.25, 0.3) is 0 Å². The predicted octanol–water partition coefficient (Wildman–Crippen LogP) is 1.79. The molecule has 1 aliphatic heterocycles. The van der Waals surface area contributed by atoms with E-state index in [0.29, 0.717) is 12.1 Å². The molecule has 1 fully saturated rings. The molecule has 0 radical (unpaired) electrons. The fourth-order valence-electron chi connectivity index (χ4n) is 2.80. The lowest BCUT2D eigenvalue weighted by Gasteiger charge is -2.39. The van der Waals surface area contributed by atoms with E-state index < -0.39 is 0 Å². The second-order valence-electron chi connectivity index (χ2n) is 5.61. The van der Waals surface area contributed by atoms with Gasteiger partial charge in [0.05, 0.1) is 0 Å². The molecule has 2 unspecified atom stereocenters. The standard InChI is InChI=1S/C14H31N3/c1-6-17-9-7-14(8-10-17)16(5)13(3)11-12(2)15-4/h12-15H,6-11H2,1-5H3. The topological polar surface area (TPSA) is 18.5 Å². The molecule has 1 heterocycles. The molecule has 17 heavy (non-hydrogen) atoms. The van der Waals surface area contributed by atoms with E-state index in [0.717, 1.165) is 6.04 Å². The molecule has 0 aromatic heterocycles. The number of nitrogens with zero attached hydrogens (tertiary/aromatic N) is 2. The van der Waals surface area contributed by atoms with E-state index in [1.54, 1.807) is 0 Å². The molecule has 1 aliphatic rings. The summed E-state index contributed by atoms with van der Waals surface area (Å²) in [6, 6.07) is 2.08. The third-order valence-corrected chi connectivity index (χ3v) is 4.46. The molecule has 0 aromatic carbocycles. The number of hydrogen-bond acceptors (Lipinski definition) is 3. The van der Waals surface area contributed by atoms with Crippen LogP contribution >= 0.6 is 0 Å². The lowest BCUT2D eigenvalue weighted by molar-refractivity contribution is 0.0978. The Kier molecular flexibility index (Phi) is 6.45. The van der Waals surface area contributed by atoms with Crippen LogP contribution in [0.3, 0.4) is 0 Å². The van der Waals surface area contributed by atoms with E-state index in [2.05, 4.69) is 50.0 Å². The average Bonchev–Trinajstić information content (AvgIpc) is 2.37. The first-order valence-electron chi connectivity index (χ1n) is 7.20. The van der Waals surface area contributed by atoms with Gasteiger partial charge in [-0.1, -0.05) is 6.92 Å². The van der Waals surface area contributed by atoms with E-state index in [1.165, 1.54) is 38.9 Å². The maximum absolute atomic E-state index is 3.33. The highest BCUT2D eigenvalue weighted by molar-refractivity contribution is 4.81. The normalized spacial score (nSPS) is 22.9. The van der Waals surface area contributed by atoms with Gasteiger partial charge in [-0.25, -0.2) is 0 Å². The van der Waals surface area contributed by atoms with E-state index in [9.17, 15) is 0 Å². The van der Waals surface area contributed by atoms with Crippen LogP contribution in [0.15, 0.2) is 0 Å². The first-order valence-corrected chi connectivity index (χ1v) is 7.20. The molecule has 3 nitrogen and oxygen atoms in total. The van der Waals surface area contributed by atoms with Gasteiger partial charge >= 0.3 is 0 Å². The number of piperidine rings is 1. The molecule has 0 bridgehead atoms. The zero-order valence-electron chi connectivity index (χ0n) is 12.4. The van der Waals surface area contributed by atoms with Crippen molar-refractivity contribution in [3.8, 4) is 0 Å². The third kappa shape index (κ3) is 4.57. The Morgan fingerprint density at radius 3 is 2.35 bits per heavy atom. The molecule has 0 aliphatic carbocycles. The number of hydrogen-bond donors (Lipinski definition) is 1.